The van der Waals surface area contributed by atoms with E-state index >= 15 is 0 Å². The Labute approximate surface area is 178 Å². The van der Waals surface area contributed by atoms with Crippen LogP contribution in [0.5, 0.6) is 5.75 Å². The van der Waals surface area contributed by atoms with E-state index in [1.165, 1.54) is 5.57 Å². The highest BCUT2D eigenvalue weighted by molar-refractivity contribution is 7.93. The third kappa shape index (κ3) is 11.5. The van der Waals surface area contributed by atoms with E-state index in [9.17, 15) is 18.3 Å². The average molecular weight is 438 g/mol. The molecule has 0 unspecified atom stereocenters. The van der Waals surface area contributed by atoms with Gasteiger partial charge in [-0.05, 0) is 50.5 Å². The van der Waals surface area contributed by atoms with Crippen molar-refractivity contribution in [1.82, 2.24) is 5.32 Å². The summed E-state index contributed by atoms with van der Waals surface area (Å²) < 4.78 is 27.6. The van der Waals surface area contributed by atoms with E-state index in [1.54, 1.807) is 24.3 Å². The van der Waals surface area contributed by atoms with E-state index in [2.05, 4.69) is 5.32 Å². The minimum absolute atomic E-state index is 0.0424. The highest BCUT2D eigenvalue weighted by Gasteiger charge is 2.09. The molecule has 3 N–H and O–H groups in total. The molecule has 30 heavy (non-hydrogen) atoms. The number of nitrogens with one attached hydrogen (secondary N) is 1. The van der Waals surface area contributed by atoms with Crippen LogP contribution in [-0.2, 0) is 14.6 Å². The lowest BCUT2D eigenvalue weighted by molar-refractivity contribution is -0.116. The van der Waals surface area contributed by atoms with Crippen LogP contribution in [-0.4, -0.2) is 50.6 Å². The van der Waals surface area contributed by atoms with Gasteiger partial charge in [0.05, 0.1) is 12.7 Å². The molecule has 0 fully saturated rings. The van der Waals surface area contributed by atoms with Gasteiger partial charge in [0.2, 0.25) is 5.91 Å². The van der Waals surface area contributed by atoms with Gasteiger partial charge < -0.3 is 20.3 Å². The second kappa shape index (κ2) is 13.0. The molecule has 7 nitrogen and oxygen atoms in total. The van der Waals surface area contributed by atoms with Crippen molar-refractivity contribution in [2.75, 3.05) is 26.0 Å². The largest absolute Gasteiger partial charge is 0.490 e. The number of allylic oxidation sites excluding steroid dienone is 2. The molecular formula is C22H31NO6S. The summed E-state index contributed by atoms with van der Waals surface area (Å²) in [6, 6.07) is 6.88. The zero-order valence-corrected chi connectivity index (χ0v) is 18.5. The molecule has 1 rings (SSSR count). The van der Waals surface area contributed by atoms with Crippen LogP contribution in [0.2, 0.25) is 0 Å². The molecule has 1 atom stereocenters. The first kappa shape index (κ1) is 25.6. The van der Waals surface area contributed by atoms with Gasteiger partial charge in [-0.2, -0.15) is 0 Å². The molecule has 0 saturated heterocycles. The molecule has 166 valence electrons. The van der Waals surface area contributed by atoms with Gasteiger partial charge in [0.15, 0.2) is 9.84 Å². The predicted octanol–water partition coefficient (Wildman–Crippen LogP) is 2.44. The molecule has 0 aliphatic carbocycles. The van der Waals surface area contributed by atoms with Crippen molar-refractivity contribution < 1.29 is 28.2 Å². The van der Waals surface area contributed by atoms with Crippen molar-refractivity contribution in [3.05, 3.63) is 64.6 Å². The van der Waals surface area contributed by atoms with Gasteiger partial charge in [0.25, 0.3) is 0 Å². The molecule has 0 aliphatic rings. The Morgan fingerprint density at radius 3 is 2.43 bits per heavy atom. The maximum Gasteiger partial charge on any atom is 0.244 e. The van der Waals surface area contributed by atoms with Crippen molar-refractivity contribution in [1.29, 1.82) is 0 Å². The number of sulfone groups is 1. The molecule has 0 aromatic heterocycles. The zero-order valence-electron chi connectivity index (χ0n) is 17.7. The number of carbonyl (C=O) groups excluding carboxylic acids is 1. The van der Waals surface area contributed by atoms with Gasteiger partial charge in [0.1, 0.15) is 12.4 Å². The molecule has 1 aromatic rings. The maximum atomic E-state index is 11.6. The first-order valence-electron chi connectivity index (χ1n) is 9.59. The molecule has 0 bridgehead atoms. The summed E-state index contributed by atoms with van der Waals surface area (Å²) in [5.41, 5.74) is 2.77. The fourth-order valence-electron chi connectivity index (χ4n) is 2.34. The third-order valence-corrected chi connectivity index (χ3v) is 4.79. The van der Waals surface area contributed by atoms with Crippen molar-refractivity contribution >= 4 is 15.7 Å². The fourth-order valence-corrected chi connectivity index (χ4v) is 2.71. The third-order valence-electron chi connectivity index (χ3n) is 4.16. The predicted molar refractivity (Wildman–Crippen MR) is 118 cm³/mol. The quantitative estimate of drug-likeness (QED) is 0.342. The summed E-state index contributed by atoms with van der Waals surface area (Å²) in [5, 5.41) is 22.4. The van der Waals surface area contributed by atoms with Crippen LogP contribution in [0.4, 0.5) is 0 Å². The Kier molecular flexibility index (Phi) is 11.1. The average Bonchev–Trinajstić information content (AvgIpc) is 2.70. The van der Waals surface area contributed by atoms with Gasteiger partial charge in [0, 0.05) is 24.3 Å². The molecule has 0 radical (unpaired) electrons. The number of amides is 1. The number of aliphatic hydroxyl groups excluding tert-OH is 2. The van der Waals surface area contributed by atoms with E-state index in [0.29, 0.717) is 17.9 Å². The van der Waals surface area contributed by atoms with Crippen LogP contribution in [0.25, 0.3) is 0 Å². The molecule has 1 amide bonds. The Morgan fingerprint density at radius 2 is 1.83 bits per heavy atom. The van der Waals surface area contributed by atoms with E-state index in [1.807, 2.05) is 26.0 Å². The van der Waals surface area contributed by atoms with E-state index in [0.717, 1.165) is 36.2 Å². The summed E-state index contributed by atoms with van der Waals surface area (Å²) in [7, 11) is -3.37. The van der Waals surface area contributed by atoms with Crippen molar-refractivity contribution in [2.45, 2.75) is 32.8 Å². The smallest absolute Gasteiger partial charge is 0.244 e. The number of hydrogen-bond donors (Lipinski definition) is 3. The summed E-state index contributed by atoms with van der Waals surface area (Å²) >= 11 is 0. The van der Waals surface area contributed by atoms with Gasteiger partial charge in [-0.25, -0.2) is 8.42 Å². The van der Waals surface area contributed by atoms with Crippen LogP contribution >= 0.6 is 0 Å². The minimum Gasteiger partial charge on any atom is -0.490 e. The number of carbonyl (C=O) groups is 1. The van der Waals surface area contributed by atoms with Gasteiger partial charge in [-0.3, -0.25) is 4.79 Å². The number of benzene rings is 1. The van der Waals surface area contributed by atoms with Crippen LogP contribution < -0.4 is 10.1 Å². The van der Waals surface area contributed by atoms with E-state index in [4.69, 9.17) is 9.84 Å². The highest BCUT2D eigenvalue weighted by atomic mass is 32.2. The monoisotopic (exact) mass is 437 g/mol. The maximum absolute atomic E-state index is 11.6. The summed E-state index contributed by atoms with van der Waals surface area (Å²) in [5.74, 6) is 0.0646. The van der Waals surface area contributed by atoms with Crippen LogP contribution in [0.1, 0.15) is 38.4 Å². The number of ether oxygens (including phenoxy) is 1. The van der Waals surface area contributed by atoms with Gasteiger partial charge in [-0.15, -0.1) is 0 Å². The number of aliphatic hydroxyl groups is 2. The van der Waals surface area contributed by atoms with Crippen molar-refractivity contribution in [3.63, 3.8) is 0 Å². The Morgan fingerprint density at radius 1 is 1.17 bits per heavy atom. The lowest BCUT2D eigenvalue weighted by Crippen LogP contribution is -2.26. The summed E-state index contributed by atoms with van der Waals surface area (Å²) in [6.45, 7) is 4.40. The zero-order chi connectivity index (χ0) is 22.6. The molecule has 8 heteroatoms. The first-order valence-corrected chi connectivity index (χ1v) is 11.5. The molecule has 1 aromatic carbocycles. The molecule has 0 heterocycles. The minimum atomic E-state index is -3.37. The normalized spacial score (nSPS) is 14.0. The van der Waals surface area contributed by atoms with Crippen LogP contribution in [0, 0.1) is 0 Å². The first-order chi connectivity index (χ1) is 14.1. The molecule has 0 saturated carbocycles. The SMILES string of the molecule is C/C(=C\CC/C(C)=C/COc1ccc([C@H](O)CNC(=O)/C=C/S(C)(=O)=O)cc1)CO. The standard InChI is InChI=1S/C22H31NO6S/c1-17(5-4-6-18(2)16-24)11-13-29-20-9-7-19(8-10-20)21(25)15-23-22(26)12-14-30(3,27)28/h6-12,14,21,24-25H,4-5,13,15-16H2,1-3H3,(H,23,26)/b14-12+,17-11+,18-6+/t21-/m1/s1. The van der Waals surface area contributed by atoms with Crippen LogP contribution in [0.15, 0.2) is 59.0 Å². The lowest BCUT2D eigenvalue weighted by Gasteiger charge is -2.12. The lowest BCUT2D eigenvalue weighted by atomic mass is 10.1. The summed E-state index contributed by atoms with van der Waals surface area (Å²) in [4.78, 5) is 11.6. The number of rotatable bonds is 12. The van der Waals surface area contributed by atoms with Gasteiger partial charge >= 0.3 is 0 Å². The Bertz CT molecular complexity index is 869. The van der Waals surface area contributed by atoms with Gasteiger partial charge in [-0.1, -0.05) is 29.4 Å². The molecule has 0 aliphatic heterocycles. The molecular weight excluding hydrogens is 406 g/mol. The fraction of sp³-hybridized carbons (Fsp3) is 0.409. The Balaban J connectivity index is 2.44. The van der Waals surface area contributed by atoms with Crippen molar-refractivity contribution in [3.8, 4) is 5.75 Å². The molecule has 0 spiro atoms. The summed E-state index contributed by atoms with van der Waals surface area (Å²) in [6.07, 6.45) is 6.78. The number of hydrogen-bond acceptors (Lipinski definition) is 6. The van der Waals surface area contributed by atoms with E-state index < -0.39 is 21.8 Å². The second-order valence-corrected chi connectivity index (χ2v) is 9.00. The van der Waals surface area contributed by atoms with E-state index in [-0.39, 0.29) is 13.2 Å². The topological polar surface area (TPSA) is 113 Å². The Hall–Kier alpha value is -2.42. The van der Waals surface area contributed by atoms with Crippen molar-refractivity contribution in [2.24, 2.45) is 0 Å². The second-order valence-electron chi connectivity index (χ2n) is 7.07. The van der Waals surface area contributed by atoms with Crippen LogP contribution in [0.3, 0.4) is 0 Å². The highest BCUT2D eigenvalue weighted by Crippen LogP contribution is 2.18.